The van der Waals surface area contributed by atoms with Gasteiger partial charge in [-0.3, -0.25) is 0 Å². The highest BCUT2D eigenvalue weighted by atomic mass is 19.1. The third-order valence-electron chi connectivity index (χ3n) is 2.83. The molecule has 0 aromatic carbocycles. The summed E-state index contributed by atoms with van der Waals surface area (Å²) in [6.45, 7) is 3.25. The molecule has 1 N–H and O–H groups in total. The van der Waals surface area contributed by atoms with Gasteiger partial charge in [0.1, 0.15) is 5.76 Å². The highest BCUT2D eigenvalue weighted by Gasteiger charge is 2.39. The molecule has 0 spiro atoms. The number of rotatable bonds is 2. The molecule has 2 unspecified atom stereocenters. The van der Waals surface area contributed by atoms with Crippen LogP contribution in [0.4, 0.5) is 4.39 Å². The number of hydrogen-bond acceptors (Lipinski definition) is 2. The van der Waals surface area contributed by atoms with E-state index in [4.69, 9.17) is 4.42 Å². The number of alkyl halides is 1. The van der Waals surface area contributed by atoms with Crippen LogP contribution in [-0.2, 0) is 5.67 Å². The zero-order valence-corrected chi connectivity index (χ0v) is 7.72. The lowest BCUT2D eigenvalue weighted by Crippen LogP contribution is -2.28. The van der Waals surface area contributed by atoms with Gasteiger partial charge < -0.3 is 9.73 Å². The van der Waals surface area contributed by atoms with Gasteiger partial charge in [0, 0.05) is 12.5 Å². The molecule has 3 heteroatoms. The zero-order chi connectivity index (χ0) is 9.31. The van der Waals surface area contributed by atoms with Crippen molar-refractivity contribution >= 4 is 0 Å². The maximum Gasteiger partial charge on any atom is 0.169 e. The van der Waals surface area contributed by atoms with Crippen molar-refractivity contribution in [3.63, 3.8) is 0 Å². The Balaban J connectivity index is 2.19. The van der Waals surface area contributed by atoms with Crippen LogP contribution >= 0.6 is 0 Å². The predicted molar refractivity (Wildman–Crippen MR) is 48.1 cm³/mol. The molecule has 2 nitrogen and oxygen atoms in total. The fourth-order valence-electron chi connectivity index (χ4n) is 1.88. The van der Waals surface area contributed by atoms with Gasteiger partial charge in [0.25, 0.3) is 0 Å². The minimum atomic E-state index is -1.33. The molecule has 0 amide bonds. The van der Waals surface area contributed by atoms with Crippen LogP contribution in [0.3, 0.4) is 0 Å². The molecule has 2 atom stereocenters. The minimum absolute atomic E-state index is 0.0404. The van der Waals surface area contributed by atoms with Crippen molar-refractivity contribution in [1.82, 2.24) is 5.32 Å². The summed E-state index contributed by atoms with van der Waals surface area (Å²) in [6.07, 6.45) is 2.41. The Morgan fingerprint density at radius 3 is 3.08 bits per heavy atom. The van der Waals surface area contributed by atoms with Gasteiger partial charge in [0.2, 0.25) is 0 Å². The van der Waals surface area contributed by atoms with E-state index < -0.39 is 5.67 Å². The topological polar surface area (TPSA) is 25.2 Å². The Kier molecular flexibility index (Phi) is 2.12. The summed E-state index contributed by atoms with van der Waals surface area (Å²) in [5.41, 5.74) is -1.33. The van der Waals surface area contributed by atoms with Crippen LogP contribution in [0, 0.1) is 5.92 Å². The molecule has 1 aromatic rings. The number of furan rings is 1. The van der Waals surface area contributed by atoms with Gasteiger partial charge in [-0.1, -0.05) is 0 Å². The first-order chi connectivity index (χ1) is 6.21. The maximum atomic E-state index is 14.2. The molecule has 2 heterocycles. The molecule has 1 aliphatic rings. The first-order valence-corrected chi connectivity index (χ1v) is 4.65. The van der Waals surface area contributed by atoms with Crippen molar-refractivity contribution in [1.29, 1.82) is 0 Å². The fraction of sp³-hybridized carbons (Fsp3) is 0.600. The fourth-order valence-corrected chi connectivity index (χ4v) is 1.88. The van der Waals surface area contributed by atoms with Crippen LogP contribution in [0.1, 0.15) is 19.1 Å². The average Bonchev–Trinajstić information content (AvgIpc) is 2.78. The van der Waals surface area contributed by atoms with Crippen molar-refractivity contribution in [2.75, 3.05) is 13.1 Å². The summed E-state index contributed by atoms with van der Waals surface area (Å²) in [4.78, 5) is 0. The van der Waals surface area contributed by atoms with Crippen LogP contribution in [0.25, 0.3) is 0 Å². The molecule has 0 radical (unpaired) electrons. The Labute approximate surface area is 77.1 Å². The van der Waals surface area contributed by atoms with Crippen molar-refractivity contribution in [2.24, 2.45) is 5.92 Å². The SMILES string of the molecule is CC(F)(c1ccco1)C1CCNC1. The number of halogens is 1. The number of nitrogens with one attached hydrogen (secondary N) is 1. The predicted octanol–water partition coefficient (Wildman–Crippen LogP) is 2.07. The molecule has 0 aliphatic carbocycles. The molecular formula is C10H14FNO. The molecule has 1 aliphatic heterocycles. The third kappa shape index (κ3) is 1.48. The second-order valence-corrected chi connectivity index (χ2v) is 3.74. The van der Waals surface area contributed by atoms with E-state index in [-0.39, 0.29) is 5.92 Å². The standard InChI is InChI=1S/C10H14FNO/c1-10(11,8-4-5-12-7-8)9-3-2-6-13-9/h2-3,6,8,12H,4-5,7H2,1H3. The summed E-state index contributed by atoms with van der Waals surface area (Å²) in [6, 6.07) is 3.44. The largest absolute Gasteiger partial charge is 0.466 e. The van der Waals surface area contributed by atoms with Crippen LogP contribution in [0.15, 0.2) is 22.8 Å². The molecular weight excluding hydrogens is 169 g/mol. The lowest BCUT2D eigenvalue weighted by atomic mass is 9.88. The molecule has 2 rings (SSSR count). The zero-order valence-electron chi connectivity index (χ0n) is 7.72. The molecule has 0 saturated carbocycles. The molecule has 1 aromatic heterocycles. The Morgan fingerprint density at radius 1 is 1.69 bits per heavy atom. The van der Waals surface area contributed by atoms with E-state index in [9.17, 15) is 4.39 Å². The van der Waals surface area contributed by atoms with Crippen molar-refractivity contribution in [2.45, 2.75) is 19.0 Å². The monoisotopic (exact) mass is 183 g/mol. The van der Waals surface area contributed by atoms with Gasteiger partial charge in [-0.2, -0.15) is 0 Å². The van der Waals surface area contributed by atoms with Crippen LogP contribution in [0.2, 0.25) is 0 Å². The van der Waals surface area contributed by atoms with E-state index in [1.807, 2.05) is 0 Å². The summed E-state index contributed by atoms with van der Waals surface area (Å²) in [5, 5.41) is 3.16. The van der Waals surface area contributed by atoms with Gasteiger partial charge in [0.15, 0.2) is 5.67 Å². The van der Waals surface area contributed by atoms with Crippen LogP contribution < -0.4 is 5.32 Å². The molecule has 13 heavy (non-hydrogen) atoms. The van der Waals surface area contributed by atoms with E-state index in [0.29, 0.717) is 5.76 Å². The molecule has 0 bridgehead atoms. The normalized spacial score (nSPS) is 27.4. The van der Waals surface area contributed by atoms with Gasteiger partial charge in [0.05, 0.1) is 6.26 Å². The molecule has 1 fully saturated rings. The van der Waals surface area contributed by atoms with Crippen molar-refractivity contribution < 1.29 is 8.81 Å². The second-order valence-electron chi connectivity index (χ2n) is 3.74. The summed E-state index contributed by atoms with van der Waals surface area (Å²) in [7, 11) is 0. The maximum absolute atomic E-state index is 14.2. The van der Waals surface area contributed by atoms with E-state index in [2.05, 4.69) is 5.32 Å². The highest BCUT2D eigenvalue weighted by Crippen LogP contribution is 2.37. The lowest BCUT2D eigenvalue weighted by Gasteiger charge is -2.24. The number of hydrogen-bond donors (Lipinski definition) is 1. The third-order valence-corrected chi connectivity index (χ3v) is 2.83. The molecule has 72 valence electrons. The summed E-state index contributed by atoms with van der Waals surface area (Å²) >= 11 is 0. The lowest BCUT2D eigenvalue weighted by molar-refractivity contribution is 0.0836. The minimum Gasteiger partial charge on any atom is -0.466 e. The Bertz CT molecular complexity index is 262. The van der Waals surface area contributed by atoms with Gasteiger partial charge in [-0.15, -0.1) is 0 Å². The van der Waals surface area contributed by atoms with Gasteiger partial charge in [-0.25, -0.2) is 4.39 Å². The quantitative estimate of drug-likeness (QED) is 0.759. The van der Waals surface area contributed by atoms with Gasteiger partial charge >= 0.3 is 0 Å². The van der Waals surface area contributed by atoms with E-state index in [1.54, 1.807) is 19.1 Å². The van der Waals surface area contributed by atoms with E-state index >= 15 is 0 Å². The van der Waals surface area contributed by atoms with Crippen LogP contribution in [0.5, 0.6) is 0 Å². The first-order valence-electron chi connectivity index (χ1n) is 4.65. The Morgan fingerprint density at radius 2 is 2.54 bits per heavy atom. The summed E-state index contributed by atoms with van der Waals surface area (Å²) < 4.78 is 19.3. The second kappa shape index (κ2) is 3.14. The Hall–Kier alpha value is -0.830. The van der Waals surface area contributed by atoms with Crippen molar-refractivity contribution in [3.05, 3.63) is 24.2 Å². The van der Waals surface area contributed by atoms with Gasteiger partial charge in [-0.05, 0) is 32.0 Å². The molecule has 1 saturated heterocycles. The van der Waals surface area contributed by atoms with E-state index in [0.717, 1.165) is 19.5 Å². The van der Waals surface area contributed by atoms with Crippen molar-refractivity contribution in [3.8, 4) is 0 Å². The smallest absolute Gasteiger partial charge is 0.169 e. The highest BCUT2D eigenvalue weighted by molar-refractivity contribution is 5.11. The first kappa shape index (κ1) is 8.75. The average molecular weight is 183 g/mol. The van der Waals surface area contributed by atoms with Crippen LogP contribution in [-0.4, -0.2) is 13.1 Å². The summed E-state index contributed by atoms with van der Waals surface area (Å²) in [5.74, 6) is 0.486. The van der Waals surface area contributed by atoms with E-state index in [1.165, 1.54) is 6.26 Å².